The molecule has 6 N–H and O–H groups in total. The monoisotopic (exact) mass is 372 g/mol. The Bertz CT molecular complexity index is 840. The highest BCUT2D eigenvalue weighted by Crippen LogP contribution is 2.75. The van der Waals surface area contributed by atoms with E-state index in [1.54, 1.807) is 54.6 Å². The predicted octanol–water partition coefficient (Wildman–Crippen LogP) is -0.203. The molecule has 4 rings (SSSR count). The Morgan fingerprint density at radius 3 is 2.07 bits per heavy atom. The van der Waals surface area contributed by atoms with Crippen LogP contribution in [0.25, 0.3) is 0 Å². The zero-order valence-electron chi connectivity index (χ0n) is 14.9. The van der Waals surface area contributed by atoms with Crippen LogP contribution in [0.5, 0.6) is 0 Å². The fraction of sp³-hybridized carbons (Fsp3) is 0.429. The van der Waals surface area contributed by atoms with Gasteiger partial charge in [0.15, 0.2) is 0 Å². The van der Waals surface area contributed by atoms with Crippen molar-refractivity contribution < 1.29 is 30.6 Å². The molecule has 6 heteroatoms. The largest absolute Gasteiger partial charge is 0.394 e. The number of aliphatic hydroxyl groups excluding tert-OH is 3. The van der Waals surface area contributed by atoms with Gasteiger partial charge in [0.1, 0.15) is 22.9 Å². The second-order valence-electron chi connectivity index (χ2n) is 7.79. The minimum Gasteiger partial charge on any atom is -0.394 e. The number of aryl methyl sites for hydroxylation is 1. The molecule has 7 atom stereocenters. The van der Waals surface area contributed by atoms with Crippen molar-refractivity contribution in [3.8, 4) is 0 Å². The molecule has 0 spiro atoms. The molecule has 2 aromatic rings. The van der Waals surface area contributed by atoms with Crippen LogP contribution in [-0.2, 0) is 0 Å². The lowest BCUT2D eigenvalue weighted by Crippen LogP contribution is -2.99. The van der Waals surface area contributed by atoms with Gasteiger partial charge in [-0.2, -0.15) is 0 Å². The van der Waals surface area contributed by atoms with Crippen LogP contribution in [0.15, 0.2) is 54.6 Å². The van der Waals surface area contributed by atoms with E-state index in [0.29, 0.717) is 11.1 Å². The lowest BCUT2D eigenvalue weighted by atomic mass is 9.30. The van der Waals surface area contributed by atoms with Gasteiger partial charge in [-0.3, -0.25) is 0 Å². The average Bonchev–Trinajstić information content (AvgIpc) is 2.69. The molecule has 0 amide bonds. The summed E-state index contributed by atoms with van der Waals surface area (Å²) in [6.45, 7) is 1.10. The van der Waals surface area contributed by atoms with E-state index in [9.17, 15) is 30.6 Å². The van der Waals surface area contributed by atoms with Gasteiger partial charge in [0, 0.05) is 5.92 Å². The fourth-order valence-corrected chi connectivity index (χ4v) is 5.24. The van der Waals surface area contributed by atoms with Gasteiger partial charge in [0.2, 0.25) is 0 Å². The van der Waals surface area contributed by atoms with E-state index in [1.165, 1.54) is 0 Å². The summed E-state index contributed by atoms with van der Waals surface area (Å²) in [5, 5.41) is 64.7. The molecule has 0 heterocycles. The summed E-state index contributed by atoms with van der Waals surface area (Å²) in [6.07, 6.45) is -3.05. The fourth-order valence-electron chi connectivity index (χ4n) is 5.24. The van der Waals surface area contributed by atoms with E-state index in [-0.39, 0.29) is 0 Å². The topological polar surface area (TPSA) is 121 Å². The predicted molar refractivity (Wildman–Crippen MR) is 97.1 cm³/mol. The second-order valence-corrected chi connectivity index (χ2v) is 7.79. The second kappa shape index (κ2) is 5.85. The minimum absolute atomic E-state index is 0.459. The third-order valence-corrected chi connectivity index (χ3v) is 6.57. The van der Waals surface area contributed by atoms with Crippen molar-refractivity contribution >= 4 is 0 Å². The van der Waals surface area contributed by atoms with Crippen LogP contribution >= 0.6 is 0 Å². The first-order chi connectivity index (χ1) is 12.7. The highest BCUT2D eigenvalue weighted by molar-refractivity contribution is 5.55. The molecule has 0 aromatic heterocycles. The van der Waals surface area contributed by atoms with Gasteiger partial charge in [-0.1, -0.05) is 60.2 Å². The van der Waals surface area contributed by atoms with Crippen molar-refractivity contribution in [2.24, 2.45) is 0 Å². The maximum atomic E-state index is 11.4. The van der Waals surface area contributed by atoms with E-state index < -0.39 is 47.5 Å². The first kappa shape index (κ1) is 18.6. The Morgan fingerprint density at radius 1 is 0.926 bits per heavy atom. The van der Waals surface area contributed by atoms with Crippen LogP contribution in [0, 0.1) is 6.92 Å². The van der Waals surface area contributed by atoms with Crippen LogP contribution in [0.3, 0.4) is 0 Å². The van der Waals surface area contributed by atoms with Gasteiger partial charge >= 0.3 is 0 Å². The Kier molecular flexibility index (Phi) is 4.02. The quantitative estimate of drug-likeness (QED) is 0.442. The highest BCUT2D eigenvalue weighted by atomic mass is 16.5. The standard InChI is InChI=1S/C21H24O6/c1-12-7-9-13(10-8-12)16-18(24)20(26)17(14-5-3-2-4-6-14)19(25,15(23)11-22)21(16,20)27/h2-10,15-18,22-27H,11H2,1H3/t15-,16?,17?,18?,19+,20+,21+/m1/s1. The molecule has 6 nitrogen and oxygen atoms in total. The number of hydrogen-bond acceptors (Lipinski definition) is 6. The third-order valence-electron chi connectivity index (χ3n) is 6.57. The normalized spacial score (nSPS) is 41.2. The summed E-state index contributed by atoms with van der Waals surface area (Å²) in [5.74, 6) is -2.16. The van der Waals surface area contributed by atoms with Crippen molar-refractivity contribution in [1.29, 1.82) is 0 Å². The summed E-state index contributed by atoms with van der Waals surface area (Å²) in [6, 6.07) is 15.5. The number of rotatable bonds is 4. The molecular weight excluding hydrogens is 348 g/mol. The molecule has 144 valence electrons. The number of benzene rings is 2. The Hall–Kier alpha value is -1.80. The van der Waals surface area contributed by atoms with E-state index >= 15 is 0 Å². The summed E-state index contributed by atoms with van der Waals surface area (Å²) in [5.41, 5.74) is -4.51. The van der Waals surface area contributed by atoms with Crippen LogP contribution in [-0.4, -0.2) is 66.3 Å². The zero-order chi connectivity index (χ0) is 19.6. The van der Waals surface area contributed by atoms with E-state index in [2.05, 4.69) is 0 Å². The first-order valence-electron chi connectivity index (χ1n) is 9.00. The number of aliphatic hydroxyl groups is 6. The van der Waals surface area contributed by atoms with E-state index in [0.717, 1.165) is 5.56 Å². The molecule has 3 unspecified atom stereocenters. The van der Waals surface area contributed by atoms with Crippen molar-refractivity contribution in [1.82, 2.24) is 0 Å². The lowest BCUT2D eigenvalue weighted by molar-refractivity contribution is -0.459. The Balaban J connectivity index is 1.85. The maximum Gasteiger partial charge on any atom is 0.138 e. The van der Waals surface area contributed by atoms with Gasteiger partial charge in [-0.25, -0.2) is 0 Å². The summed E-state index contributed by atoms with van der Waals surface area (Å²) >= 11 is 0. The third kappa shape index (κ3) is 1.95. The van der Waals surface area contributed by atoms with Crippen molar-refractivity contribution in [2.45, 2.75) is 47.8 Å². The average molecular weight is 372 g/mol. The number of fused-ring (bicyclic) bond motifs is 1. The van der Waals surface area contributed by atoms with Crippen molar-refractivity contribution in [3.63, 3.8) is 0 Å². The highest BCUT2D eigenvalue weighted by Gasteiger charge is 2.93. The molecule has 2 aliphatic carbocycles. The summed E-state index contributed by atoms with van der Waals surface area (Å²) in [7, 11) is 0. The van der Waals surface area contributed by atoms with Gasteiger partial charge in [-0.15, -0.1) is 0 Å². The van der Waals surface area contributed by atoms with Crippen molar-refractivity contribution in [2.75, 3.05) is 6.61 Å². The zero-order valence-corrected chi connectivity index (χ0v) is 14.9. The SMILES string of the molecule is Cc1ccc(C2C(O)[C@@]3(O)C(c4ccccc4)[C@@](O)([C@H](O)CO)[C@@]23O)cc1. The van der Waals surface area contributed by atoms with Crippen molar-refractivity contribution in [3.05, 3.63) is 71.3 Å². The Morgan fingerprint density at radius 2 is 1.52 bits per heavy atom. The molecule has 0 saturated heterocycles. The van der Waals surface area contributed by atoms with Crippen LogP contribution in [0.4, 0.5) is 0 Å². The van der Waals surface area contributed by atoms with Gasteiger partial charge in [0.05, 0.1) is 18.6 Å². The number of hydrogen-bond donors (Lipinski definition) is 6. The molecule has 0 radical (unpaired) electrons. The maximum absolute atomic E-state index is 11.4. The molecule has 2 saturated carbocycles. The van der Waals surface area contributed by atoms with Crippen LogP contribution < -0.4 is 0 Å². The van der Waals surface area contributed by atoms with E-state index in [1.807, 2.05) is 6.92 Å². The van der Waals surface area contributed by atoms with E-state index in [4.69, 9.17) is 0 Å². The molecular formula is C21H24O6. The molecule has 0 bridgehead atoms. The Labute approximate surface area is 157 Å². The van der Waals surface area contributed by atoms with Crippen LogP contribution in [0.2, 0.25) is 0 Å². The molecule has 0 aliphatic heterocycles. The smallest absolute Gasteiger partial charge is 0.138 e. The summed E-state index contributed by atoms with van der Waals surface area (Å²) < 4.78 is 0. The molecule has 2 aromatic carbocycles. The molecule has 2 fully saturated rings. The van der Waals surface area contributed by atoms with Gasteiger partial charge in [-0.05, 0) is 18.1 Å². The van der Waals surface area contributed by atoms with Gasteiger partial charge in [0.25, 0.3) is 0 Å². The molecule has 2 aliphatic rings. The molecule has 27 heavy (non-hydrogen) atoms. The lowest BCUT2D eigenvalue weighted by Gasteiger charge is -2.80. The minimum atomic E-state index is -2.23. The first-order valence-corrected chi connectivity index (χ1v) is 9.00. The summed E-state index contributed by atoms with van der Waals surface area (Å²) in [4.78, 5) is 0. The van der Waals surface area contributed by atoms with Crippen LogP contribution in [0.1, 0.15) is 28.5 Å². The van der Waals surface area contributed by atoms with Gasteiger partial charge < -0.3 is 30.6 Å².